The molecule has 0 aliphatic carbocycles. The number of nitrogens with one attached hydrogen (secondary N) is 1. The van der Waals surface area contributed by atoms with Crippen LogP contribution in [0.2, 0.25) is 0 Å². The number of sulfonamides is 1. The largest absolute Gasteiger partial charge is 0.478 e. The lowest BCUT2D eigenvalue weighted by Crippen LogP contribution is -2.16. The van der Waals surface area contributed by atoms with E-state index in [0.29, 0.717) is 16.9 Å². The van der Waals surface area contributed by atoms with Crippen LogP contribution in [0.25, 0.3) is 0 Å². The molecule has 0 amide bonds. The van der Waals surface area contributed by atoms with Crippen molar-refractivity contribution in [3.05, 3.63) is 45.3 Å². The molecule has 1 aromatic heterocycles. The number of hydrogen-bond donors (Lipinski definition) is 2. The van der Waals surface area contributed by atoms with E-state index in [1.165, 1.54) is 19.1 Å². The maximum atomic E-state index is 12.9. The Morgan fingerprint density at radius 1 is 1.04 bits per heavy atom. The van der Waals surface area contributed by atoms with E-state index in [1.807, 2.05) is 0 Å². The van der Waals surface area contributed by atoms with Crippen LogP contribution in [0.5, 0.6) is 0 Å². The number of carboxylic acid groups (broad SMARTS) is 1. The lowest BCUT2D eigenvalue weighted by atomic mass is 10.1. The summed E-state index contributed by atoms with van der Waals surface area (Å²) >= 11 is 0.561. The number of anilines is 1. The second kappa shape index (κ2) is 7.98. The minimum atomic E-state index is -4.33. The lowest BCUT2D eigenvalue weighted by molar-refractivity contribution is 0.0595. The molecule has 0 aliphatic heterocycles. The Labute approximate surface area is 164 Å². The molecule has 0 fully saturated rings. The number of benzene rings is 1. The van der Waals surface area contributed by atoms with Crippen LogP contribution >= 0.6 is 11.3 Å². The topological polar surface area (TPSA) is 136 Å². The number of rotatable bonds is 6. The predicted molar refractivity (Wildman–Crippen MR) is 101 cm³/mol. The van der Waals surface area contributed by atoms with Gasteiger partial charge in [0.15, 0.2) is 4.21 Å². The highest BCUT2D eigenvalue weighted by molar-refractivity contribution is 7.94. The Bertz CT molecular complexity index is 1070. The molecule has 2 aromatic rings. The molecule has 0 atom stereocenters. The summed E-state index contributed by atoms with van der Waals surface area (Å²) in [7, 11) is -2.12. The van der Waals surface area contributed by atoms with Gasteiger partial charge in [-0.3, -0.25) is 4.72 Å². The van der Waals surface area contributed by atoms with Crippen LogP contribution in [0, 0.1) is 13.8 Å². The highest BCUT2D eigenvalue weighted by Crippen LogP contribution is 2.34. The normalized spacial score (nSPS) is 11.0. The molecule has 0 radical (unpaired) electrons. The van der Waals surface area contributed by atoms with Gasteiger partial charge in [-0.25, -0.2) is 22.8 Å². The number of hydrogen-bond acceptors (Lipinski definition) is 8. The van der Waals surface area contributed by atoms with Gasteiger partial charge in [0.05, 0.1) is 25.3 Å². The van der Waals surface area contributed by atoms with Crippen LogP contribution in [0.15, 0.2) is 22.4 Å². The molecule has 0 bridgehead atoms. The Morgan fingerprint density at radius 2 is 1.64 bits per heavy atom. The maximum absolute atomic E-state index is 12.9. The summed E-state index contributed by atoms with van der Waals surface area (Å²) in [4.78, 5) is 35.2. The number of esters is 2. The summed E-state index contributed by atoms with van der Waals surface area (Å²) in [6.07, 6.45) is 0. The molecule has 28 heavy (non-hydrogen) atoms. The molecule has 0 aliphatic rings. The molecular formula is C17H17NO8S2. The molecule has 0 saturated carbocycles. The quantitative estimate of drug-likeness (QED) is 0.671. The molecule has 0 saturated heterocycles. The smallest absolute Gasteiger partial charge is 0.348 e. The first-order chi connectivity index (χ1) is 13.0. The Balaban J connectivity index is 2.61. The number of ether oxygens (including phenoxy) is 2. The lowest BCUT2D eigenvalue weighted by Gasteiger charge is -2.10. The zero-order chi connectivity index (χ0) is 21.2. The molecule has 9 nitrogen and oxygen atoms in total. The van der Waals surface area contributed by atoms with Crippen LogP contribution < -0.4 is 4.72 Å². The molecular weight excluding hydrogens is 410 g/mol. The molecule has 1 heterocycles. The molecule has 0 unspecified atom stereocenters. The van der Waals surface area contributed by atoms with Gasteiger partial charge in [-0.05, 0) is 43.2 Å². The molecule has 2 N–H and O–H groups in total. The molecule has 150 valence electrons. The third kappa shape index (κ3) is 4.15. The van der Waals surface area contributed by atoms with Crippen LogP contribution in [0.1, 0.15) is 41.5 Å². The fraction of sp³-hybridized carbons (Fsp3) is 0.235. The van der Waals surface area contributed by atoms with Gasteiger partial charge in [0.1, 0.15) is 4.88 Å². The van der Waals surface area contributed by atoms with Crippen molar-refractivity contribution in [3.63, 3.8) is 0 Å². The van der Waals surface area contributed by atoms with Gasteiger partial charge in [0, 0.05) is 5.69 Å². The van der Waals surface area contributed by atoms with Crippen molar-refractivity contribution in [1.82, 2.24) is 0 Å². The van der Waals surface area contributed by atoms with Gasteiger partial charge in [-0.2, -0.15) is 0 Å². The van der Waals surface area contributed by atoms with Crippen LogP contribution in [0.3, 0.4) is 0 Å². The minimum Gasteiger partial charge on any atom is -0.478 e. The first-order valence-corrected chi connectivity index (χ1v) is 9.99. The zero-order valence-electron chi connectivity index (χ0n) is 15.4. The number of carbonyl (C=O) groups is 3. The number of aromatic carboxylic acids is 1. The SMILES string of the molecule is COC(=O)c1sc(S(=O)(=O)Nc2cc(C)cc(C(=O)O)c2)c(C(=O)OC)c1C. The number of carboxylic acids is 1. The fourth-order valence-electron chi connectivity index (χ4n) is 2.47. The van der Waals surface area contributed by atoms with Crippen molar-refractivity contribution in [2.45, 2.75) is 18.1 Å². The van der Waals surface area contributed by atoms with Crippen molar-refractivity contribution in [2.75, 3.05) is 18.9 Å². The van der Waals surface area contributed by atoms with E-state index in [4.69, 9.17) is 5.11 Å². The van der Waals surface area contributed by atoms with Crippen molar-refractivity contribution in [3.8, 4) is 0 Å². The number of carbonyl (C=O) groups excluding carboxylic acids is 2. The summed E-state index contributed by atoms with van der Waals surface area (Å²) in [5.74, 6) is -2.95. The van der Waals surface area contributed by atoms with Crippen molar-refractivity contribution < 1.29 is 37.4 Å². The van der Waals surface area contributed by atoms with Gasteiger partial charge in [-0.15, -0.1) is 11.3 Å². The second-order valence-corrected chi connectivity index (χ2v) is 8.60. The average Bonchev–Trinajstić information content (AvgIpc) is 2.97. The second-order valence-electron chi connectivity index (χ2n) is 5.70. The molecule has 1 aromatic carbocycles. The van der Waals surface area contributed by atoms with Crippen molar-refractivity contribution >= 4 is 45.0 Å². The van der Waals surface area contributed by atoms with E-state index < -0.39 is 32.1 Å². The van der Waals surface area contributed by atoms with Crippen LogP contribution in [-0.4, -0.2) is 45.7 Å². The van der Waals surface area contributed by atoms with Gasteiger partial charge >= 0.3 is 17.9 Å². The number of aryl methyl sites for hydroxylation is 1. The fourth-order valence-corrected chi connectivity index (χ4v) is 5.25. The van der Waals surface area contributed by atoms with Crippen LogP contribution in [0.4, 0.5) is 5.69 Å². The van der Waals surface area contributed by atoms with Gasteiger partial charge in [0.2, 0.25) is 0 Å². The maximum Gasteiger partial charge on any atom is 0.348 e. The highest BCUT2D eigenvalue weighted by Gasteiger charge is 2.32. The average molecular weight is 427 g/mol. The monoisotopic (exact) mass is 427 g/mol. The summed E-state index contributed by atoms with van der Waals surface area (Å²) in [5.41, 5.74) is 0.233. The standard InChI is InChI=1S/C17H17NO8S2/c1-8-5-10(14(19)20)7-11(6-8)18-28(23,24)17-12(15(21)25-3)9(2)13(27-17)16(22)26-4/h5-7,18H,1-4H3,(H,19,20). The Hall–Kier alpha value is -2.92. The van der Waals surface area contributed by atoms with Crippen molar-refractivity contribution in [2.24, 2.45) is 0 Å². The number of methoxy groups -OCH3 is 2. The van der Waals surface area contributed by atoms with E-state index in [-0.39, 0.29) is 27.3 Å². The zero-order valence-corrected chi connectivity index (χ0v) is 17.0. The molecule has 2 rings (SSSR count). The minimum absolute atomic E-state index is 0.00103. The summed E-state index contributed by atoms with van der Waals surface area (Å²) in [6, 6.07) is 3.96. The van der Waals surface area contributed by atoms with Gasteiger partial charge in [-0.1, -0.05) is 0 Å². The van der Waals surface area contributed by atoms with E-state index in [0.717, 1.165) is 20.3 Å². The Morgan fingerprint density at radius 3 is 2.18 bits per heavy atom. The van der Waals surface area contributed by atoms with Crippen molar-refractivity contribution in [1.29, 1.82) is 0 Å². The third-order valence-electron chi connectivity index (χ3n) is 3.70. The third-order valence-corrected chi connectivity index (χ3v) is 6.87. The molecule has 11 heteroatoms. The summed E-state index contributed by atoms with van der Waals surface area (Å²) in [5, 5.41) is 9.14. The van der Waals surface area contributed by atoms with Crippen LogP contribution in [-0.2, 0) is 19.5 Å². The van der Waals surface area contributed by atoms with E-state index in [1.54, 1.807) is 6.92 Å². The van der Waals surface area contributed by atoms with Gasteiger partial charge in [0.25, 0.3) is 10.0 Å². The van der Waals surface area contributed by atoms with E-state index in [9.17, 15) is 22.8 Å². The van der Waals surface area contributed by atoms with E-state index >= 15 is 0 Å². The van der Waals surface area contributed by atoms with E-state index in [2.05, 4.69) is 14.2 Å². The summed E-state index contributed by atoms with van der Waals surface area (Å²) < 4.78 is 36.9. The van der Waals surface area contributed by atoms with Gasteiger partial charge < -0.3 is 14.6 Å². The number of thiophene rings is 1. The summed E-state index contributed by atoms with van der Waals surface area (Å²) in [6.45, 7) is 3.01. The highest BCUT2D eigenvalue weighted by atomic mass is 32.2. The first-order valence-electron chi connectivity index (χ1n) is 7.69. The Kier molecular flexibility index (Phi) is 6.10. The first kappa shape index (κ1) is 21.4. The molecule has 0 spiro atoms. The predicted octanol–water partition coefficient (Wildman–Crippen LogP) is 2.44.